The van der Waals surface area contributed by atoms with Gasteiger partial charge in [0.25, 0.3) is 0 Å². The Morgan fingerprint density at radius 2 is 1.72 bits per heavy atom. The van der Waals surface area contributed by atoms with Gasteiger partial charge in [0, 0.05) is 6.42 Å². The molecule has 168 valence electrons. The van der Waals surface area contributed by atoms with Crippen LogP contribution in [0.3, 0.4) is 0 Å². The molecule has 0 aromatic heterocycles. The first-order valence-corrected chi connectivity index (χ1v) is 9.66. The molecule has 0 amide bonds. The molecule has 3 aromatic rings. The lowest BCUT2D eigenvalue weighted by molar-refractivity contribution is -0.139. The highest BCUT2D eigenvalue weighted by atomic mass is 19.3. The molecule has 0 bridgehead atoms. The van der Waals surface area contributed by atoms with Gasteiger partial charge in [0.1, 0.15) is 23.1 Å². The van der Waals surface area contributed by atoms with E-state index in [1.54, 1.807) is 26.0 Å². The van der Waals surface area contributed by atoms with E-state index in [1.807, 2.05) is 0 Å². The van der Waals surface area contributed by atoms with E-state index in [4.69, 9.17) is 9.84 Å². The van der Waals surface area contributed by atoms with Gasteiger partial charge in [-0.1, -0.05) is 18.2 Å². The third-order valence-electron chi connectivity index (χ3n) is 4.95. The van der Waals surface area contributed by atoms with Crippen LogP contribution in [-0.4, -0.2) is 29.4 Å². The third-order valence-corrected chi connectivity index (χ3v) is 4.95. The molecule has 32 heavy (non-hydrogen) atoms. The van der Waals surface area contributed by atoms with Crippen LogP contribution in [-0.2, 0) is 11.2 Å². The normalized spacial score (nSPS) is 10.9. The lowest BCUT2D eigenvalue weighted by Gasteiger charge is -2.16. The number of phenolic OH excluding ortho intramolecular Hbond substituents is 1. The van der Waals surface area contributed by atoms with Crippen molar-refractivity contribution >= 4 is 5.97 Å². The molecule has 0 fully saturated rings. The van der Waals surface area contributed by atoms with Gasteiger partial charge < -0.3 is 19.7 Å². The number of halogens is 3. The first kappa shape index (κ1) is 23.0. The van der Waals surface area contributed by atoms with E-state index in [1.165, 1.54) is 36.4 Å². The van der Waals surface area contributed by atoms with E-state index in [0.717, 1.165) is 16.7 Å². The number of aliphatic carboxylic acids is 1. The predicted molar refractivity (Wildman–Crippen MR) is 112 cm³/mol. The number of benzene rings is 3. The van der Waals surface area contributed by atoms with Gasteiger partial charge in [-0.25, -0.2) is 9.18 Å². The second-order valence-electron chi connectivity index (χ2n) is 7.23. The van der Waals surface area contributed by atoms with Crippen molar-refractivity contribution in [2.75, 3.05) is 6.61 Å². The molecule has 0 radical (unpaired) electrons. The fraction of sp³-hybridized carbons (Fsp3) is 0.208. The minimum atomic E-state index is -3.02. The standard InChI is InChI=1S/C24H21F3O5/c1-13-8-18(31-12-21(29)30)9-14(2)19(13)11-16-6-7-20(28)22(23(16)25)15-4-3-5-17(10-15)32-24(26)27/h3-10,24,28H,11-12H2,1-2H3,(H,29,30). The maximum Gasteiger partial charge on any atom is 0.387 e. The van der Waals surface area contributed by atoms with E-state index >= 15 is 4.39 Å². The number of aryl methyl sites for hydroxylation is 2. The van der Waals surface area contributed by atoms with Crippen molar-refractivity contribution in [3.63, 3.8) is 0 Å². The zero-order valence-corrected chi connectivity index (χ0v) is 17.4. The van der Waals surface area contributed by atoms with E-state index in [-0.39, 0.29) is 29.0 Å². The van der Waals surface area contributed by atoms with Gasteiger partial charge in [-0.2, -0.15) is 8.78 Å². The number of aromatic hydroxyl groups is 1. The summed E-state index contributed by atoms with van der Waals surface area (Å²) in [6.07, 6.45) is 0.198. The Morgan fingerprint density at radius 1 is 1.03 bits per heavy atom. The van der Waals surface area contributed by atoms with Crippen LogP contribution in [0.1, 0.15) is 22.3 Å². The number of carboxylic acids is 1. The maximum absolute atomic E-state index is 15.4. The minimum Gasteiger partial charge on any atom is -0.507 e. The van der Waals surface area contributed by atoms with Crippen LogP contribution in [0, 0.1) is 19.7 Å². The summed E-state index contributed by atoms with van der Waals surface area (Å²) in [5, 5.41) is 19.0. The van der Waals surface area contributed by atoms with Gasteiger partial charge in [0.05, 0.1) is 5.56 Å². The van der Waals surface area contributed by atoms with Crippen molar-refractivity contribution in [1.82, 2.24) is 0 Å². The molecule has 0 aliphatic heterocycles. The summed E-state index contributed by atoms with van der Waals surface area (Å²) >= 11 is 0. The van der Waals surface area contributed by atoms with Crippen molar-refractivity contribution in [3.8, 4) is 28.4 Å². The summed E-state index contributed by atoms with van der Waals surface area (Å²) in [6.45, 7) is 0.117. The smallest absolute Gasteiger partial charge is 0.387 e. The summed E-state index contributed by atoms with van der Waals surface area (Å²) in [5.41, 5.74) is 2.77. The number of ether oxygens (including phenoxy) is 2. The average molecular weight is 446 g/mol. The Labute approximate surface area is 182 Å². The lowest BCUT2D eigenvalue weighted by atomic mass is 9.93. The van der Waals surface area contributed by atoms with Crippen LogP contribution in [0.4, 0.5) is 13.2 Å². The Morgan fingerprint density at radius 3 is 2.34 bits per heavy atom. The Hall–Kier alpha value is -3.68. The second kappa shape index (κ2) is 9.64. The molecule has 0 aliphatic rings. The van der Waals surface area contributed by atoms with Crippen molar-refractivity contribution in [2.24, 2.45) is 0 Å². The van der Waals surface area contributed by atoms with E-state index < -0.39 is 25.0 Å². The fourth-order valence-electron chi connectivity index (χ4n) is 3.50. The molecule has 0 heterocycles. The average Bonchev–Trinajstić information content (AvgIpc) is 2.70. The quantitative estimate of drug-likeness (QED) is 0.480. The molecule has 0 saturated carbocycles. The number of carbonyl (C=O) groups is 1. The summed E-state index contributed by atoms with van der Waals surface area (Å²) in [5.74, 6) is -1.85. The van der Waals surface area contributed by atoms with Crippen molar-refractivity contribution in [3.05, 3.63) is 76.6 Å². The third kappa shape index (κ3) is 5.32. The molecule has 3 rings (SSSR count). The number of alkyl halides is 2. The lowest BCUT2D eigenvalue weighted by Crippen LogP contribution is -2.10. The molecule has 0 atom stereocenters. The SMILES string of the molecule is Cc1cc(OCC(=O)O)cc(C)c1Cc1ccc(O)c(-c2cccc(OC(F)F)c2)c1F. The monoisotopic (exact) mass is 446 g/mol. The largest absolute Gasteiger partial charge is 0.507 e. The van der Waals surface area contributed by atoms with E-state index in [2.05, 4.69) is 4.74 Å². The number of hydrogen-bond acceptors (Lipinski definition) is 4. The molecule has 2 N–H and O–H groups in total. The molecular weight excluding hydrogens is 425 g/mol. The Kier molecular flexibility index (Phi) is 6.92. The van der Waals surface area contributed by atoms with Crippen LogP contribution in [0.5, 0.6) is 17.2 Å². The highest BCUT2D eigenvalue weighted by Crippen LogP contribution is 2.36. The van der Waals surface area contributed by atoms with Crippen LogP contribution < -0.4 is 9.47 Å². The number of hydrogen-bond donors (Lipinski definition) is 2. The second-order valence-corrected chi connectivity index (χ2v) is 7.23. The molecular formula is C24H21F3O5. The first-order chi connectivity index (χ1) is 15.2. The molecule has 5 nitrogen and oxygen atoms in total. The zero-order valence-electron chi connectivity index (χ0n) is 17.4. The van der Waals surface area contributed by atoms with Gasteiger partial charge in [-0.3, -0.25) is 0 Å². The zero-order chi connectivity index (χ0) is 23.4. The summed E-state index contributed by atoms with van der Waals surface area (Å²) < 4.78 is 50.1. The molecule has 3 aromatic carbocycles. The highest BCUT2D eigenvalue weighted by Gasteiger charge is 2.18. The van der Waals surface area contributed by atoms with Crippen molar-refractivity contribution in [2.45, 2.75) is 26.9 Å². The van der Waals surface area contributed by atoms with E-state index in [0.29, 0.717) is 11.3 Å². The van der Waals surface area contributed by atoms with Gasteiger partial charge >= 0.3 is 12.6 Å². The summed E-state index contributed by atoms with van der Waals surface area (Å²) in [6, 6.07) is 11.6. The summed E-state index contributed by atoms with van der Waals surface area (Å²) in [7, 11) is 0. The van der Waals surface area contributed by atoms with Crippen LogP contribution in [0.25, 0.3) is 11.1 Å². The first-order valence-electron chi connectivity index (χ1n) is 9.66. The topological polar surface area (TPSA) is 76.0 Å². The minimum absolute atomic E-state index is 0.112. The van der Waals surface area contributed by atoms with Crippen LogP contribution in [0.2, 0.25) is 0 Å². The van der Waals surface area contributed by atoms with Gasteiger partial charge in [0.15, 0.2) is 6.61 Å². The molecule has 0 saturated heterocycles. The summed E-state index contributed by atoms with van der Waals surface area (Å²) in [4.78, 5) is 10.7. The van der Waals surface area contributed by atoms with Gasteiger partial charge in [-0.05, 0) is 72.0 Å². The number of phenols is 1. The molecule has 0 unspecified atom stereocenters. The Balaban J connectivity index is 1.95. The number of rotatable bonds is 8. The molecule has 0 spiro atoms. The molecule has 0 aliphatic carbocycles. The maximum atomic E-state index is 15.4. The van der Waals surface area contributed by atoms with Crippen LogP contribution >= 0.6 is 0 Å². The van der Waals surface area contributed by atoms with Gasteiger partial charge in [0.2, 0.25) is 0 Å². The van der Waals surface area contributed by atoms with Crippen molar-refractivity contribution in [1.29, 1.82) is 0 Å². The van der Waals surface area contributed by atoms with Gasteiger partial charge in [-0.15, -0.1) is 0 Å². The fourth-order valence-corrected chi connectivity index (χ4v) is 3.50. The van der Waals surface area contributed by atoms with E-state index in [9.17, 15) is 18.7 Å². The highest BCUT2D eigenvalue weighted by molar-refractivity contribution is 5.73. The predicted octanol–water partition coefficient (Wildman–Crippen LogP) is 5.47. The number of carboxylic acid groups (broad SMARTS) is 1. The molecule has 8 heteroatoms. The van der Waals surface area contributed by atoms with Crippen LogP contribution in [0.15, 0.2) is 48.5 Å². The van der Waals surface area contributed by atoms with Crippen molar-refractivity contribution < 1.29 is 37.7 Å². The Bertz CT molecular complexity index is 1120.